The van der Waals surface area contributed by atoms with Crippen molar-refractivity contribution in [2.24, 2.45) is 0 Å². The molecular weight excluding hydrogens is 372 g/mol. The van der Waals surface area contributed by atoms with Gasteiger partial charge in [0.1, 0.15) is 5.82 Å². The molecule has 0 saturated carbocycles. The van der Waals surface area contributed by atoms with E-state index >= 15 is 0 Å². The lowest BCUT2D eigenvalue weighted by Crippen LogP contribution is -2.25. The van der Waals surface area contributed by atoms with Crippen LogP contribution < -0.4 is 5.32 Å². The zero-order valence-electron chi connectivity index (χ0n) is 17.6. The third-order valence-corrected chi connectivity index (χ3v) is 5.23. The minimum atomic E-state index is -0.156. The Morgan fingerprint density at radius 1 is 1.00 bits per heavy atom. The molecule has 5 heteroatoms. The maximum atomic E-state index is 12.4. The van der Waals surface area contributed by atoms with Crippen LogP contribution in [-0.4, -0.2) is 20.4 Å². The molecule has 0 aliphatic heterocycles. The number of aromatic nitrogens is 3. The van der Waals surface area contributed by atoms with Crippen LogP contribution in [0.1, 0.15) is 48.1 Å². The molecule has 2 aromatic heterocycles. The highest BCUT2D eigenvalue weighted by atomic mass is 16.1. The zero-order chi connectivity index (χ0) is 21.1. The smallest absolute Gasteiger partial charge is 0.253 e. The zero-order valence-corrected chi connectivity index (χ0v) is 17.6. The first-order chi connectivity index (χ1) is 14.4. The van der Waals surface area contributed by atoms with E-state index in [1.165, 1.54) is 11.1 Å². The summed E-state index contributed by atoms with van der Waals surface area (Å²) in [5.74, 6) is 0.671. The second-order valence-corrected chi connectivity index (χ2v) is 8.47. The Morgan fingerprint density at radius 3 is 2.47 bits per heavy atom. The van der Waals surface area contributed by atoms with Gasteiger partial charge in [-0.05, 0) is 40.8 Å². The summed E-state index contributed by atoms with van der Waals surface area (Å²) in [6, 6.07) is 20.3. The standard InChI is InChI=1S/C25H26N4O/c1-25(2,3)20-12-10-18(11-13-20)17-29-22-9-5-4-8-21(22)28-23(29)16-27-24(30)19-7-6-14-26-15-19/h4-15H,16-17H2,1-3H3,(H,27,30). The Hall–Kier alpha value is -3.47. The van der Waals surface area contributed by atoms with Crippen LogP contribution in [-0.2, 0) is 18.5 Å². The molecule has 0 saturated heterocycles. The van der Waals surface area contributed by atoms with Gasteiger partial charge in [-0.25, -0.2) is 4.98 Å². The van der Waals surface area contributed by atoms with Crippen LogP contribution >= 0.6 is 0 Å². The van der Waals surface area contributed by atoms with Gasteiger partial charge in [-0.2, -0.15) is 0 Å². The van der Waals surface area contributed by atoms with Crippen molar-refractivity contribution < 1.29 is 4.79 Å². The predicted octanol–water partition coefficient (Wildman–Crippen LogP) is 4.71. The van der Waals surface area contributed by atoms with Crippen molar-refractivity contribution in [1.82, 2.24) is 19.9 Å². The topological polar surface area (TPSA) is 59.8 Å². The molecule has 0 fully saturated rings. The fourth-order valence-corrected chi connectivity index (χ4v) is 3.49. The molecule has 0 radical (unpaired) electrons. The van der Waals surface area contributed by atoms with E-state index in [0.29, 0.717) is 18.7 Å². The number of benzene rings is 2. The van der Waals surface area contributed by atoms with Crippen molar-refractivity contribution >= 4 is 16.9 Å². The summed E-state index contributed by atoms with van der Waals surface area (Å²) in [4.78, 5) is 21.2. The van der Waals surface area contributed by atoms with E-state index in [-0.39, 0.29) is 11.3 Å². The van der Waals surface area contributed by atoms with Crippen LogP contribution in [0.3, 0.4) is 0 Å². The van der Waals surface area contributed by atoms with E-state index in [1.807, 2.05) is 18.2 Å². The molecule has 4 rings (SSSR count). The molecule has 0 aliphatic carbocycles. The van der Waals surface area contributed by atoms with Crippen molar-refractivity contribution in [2.45, 2.75) is 39.3 Å². The molecule has 152 valence electrons. The fraction of sp³-hybridized carbons (Fsp3) is 0.240. The lowest BCUT2D eigenvalue weighted by Gasteiger charge is -2.19. The van der Waals surface area contributed by atoms with Crippen molar-refractivity contribution in [2.75, 3.05) is 0 Å². The molecule has 30 heavy (non-hydrogen) atoms. The Labute approximate surface area is 176 Å². The van der Waals surface area contributed by atoms with Gasteiger partial charge in [0.2, 0.25) is 0 Å². The molecule has 5 nitrogen and oxygen atoms in total. The number of rotatable bonds is 5. The molecule has 2 aromatic carbocycles. The summed E-state index contributed by atoms with van der Waals surface area (Å²) in [5.41, 5.74) is 5.16. The van der Waals surface area contributed by atoms with Gasteiger partial charge in [0, 0.05) is 18.9 Å². The van der Waals surface area contributed by atoms with E-state index in [1.54, 1.807) is 24.5 Å². The largest absolute Gasteiger partial charge is 0.345 e. The SMILES string of the molecule is CC(C)(C)c1ccc(Cn2c(CNC(=O)c3cccnc3)nc3ccccc32)cc1. The number of para-hydroxylation sites is 2. The van der Waals surface area contributed by atoms with Gasteiger partial charge in [0.05, 0.1) is 23.1 Å². The molecule has 0 unspecified atom stereocenters. The first-order valence-electron chi connectivity index (χ1n) is 10.1. The number of pyridine rings is 1. The van der Waals surface area contributed by atoms with Crippen molar-refractivity contribution in [3.63, 3.8) is 0 Å². The Bertz CT molecular complexity index is 1160. The third kappa shape index (κ3) is 4.25. The molecule has 1 N–H and O–H groups in total. The molecule has 0 spiro atoms. The summed E-state index contributed by atoms with van der Waals surface area (Å²) in [7, 11) is 0. The van der Waals surface area contributed by atoms with Crippen LogP contribution in [0.5, 0.6) is 0 Å². The Balaban J connectivity index is 1.60. The van der Waals surface area contributed by atoms with Gasteiger partial charge in [0.25, 0.3) is 5.91 Å². The van der Waals surface area contributed by atoms with Crippen LogP contribution in [0.25, 0.3) is 11.0 Å². The van der Waals surface area contributed by atoms with Crippen LogP contribution in [0.2, 0.25) is 0 Å². The first-order valence-corrected chi connectivity index (χ1v) is 10.1. The Morgan fingerprint density at radius 2 is 1.77 bits per heavy atom. The fourth-order valence-electron chi connectivity index (χ4n) is 3.49. The van der Waals surface area contributed by atoms with Crippen molar-refractivity contribution in [1.29, 1.82) is 0 Å². The van der Waals surface area contributed by atoms with Crippen LogP contribution in [0.15, 0.2) is 73.1 Å². The molecule has 2 heterocycles. The van der Waals surface area contributed by atoms with Gasteiger partial charge >= 0.3 is 0 Å². The minimum absolute atomic E-state index is 0.127. The highest BCUT2D eigenvalue weighted by Crippen LogP contribution is 2.23. The maximum absolute atomic E-state index is 12.4. The molecule has 0 aliphatic rings. The van der Waals surface area contributed by atoms with Gasteiger partial charge in [-0.1, -0.05) is 57.2 Å². The number of fused-ring (bicyclic) bond motifs is 1. The summed E-state index contributed by atoms with van der Waals surface area (Å²) in [6.45, 7) is 7.70. The second-order valence-electron chi connectivity index (χ2n) is 8.47. The maximum Gasteiger partial charge on any atom is 0.253 e. The Kier molecular flexibility index (Phi) is 5.36. The number of nitrogens with one attached hydrogen (secondary N) is 1. The quantitative estimate of drug-likeness (QED) is 0.530. The summed E-state index contributed by atoms with van der Waals surface area (Å²) in [6.07, 6.45) is 3.22. The number of carbonyl (C=O) groups excluding carboxylic acids is 1. The lowest BCUT2D eigenvalue weighted by atomic mass is 9.87. The summed E-state index contributed by atoms with van der Waals surface area (Å²) < 4.78 is 2.17. The lowest BCUT2D eigenvalue weighted by molar-refractivity contribution is 0.0949. The van der Waals surface area contributed by atoms with Gasteiger partial charge in [-0.15, -0.1) is 0 Å². The van der Waals surface area contributed by atoms with E-state index in [4.69, 9.17) is 4.98 Å². The number of hydrogen-bond donors (Lipinski definition) is 1. The van der Waals surface area contributed by atoms with Gasteiger partial charge < -0.3 is 9.88 Å². The monoisotopic (exact) mass is 398 g/mol. The van der Waals surface area contributed by atoms with Crippen LogP contribution in [0, 0.1) is 0 Å². The highest BCUT2D eigenvalue weighted by Gasteiger charge is 2.15. The number of carbonyl (C=O) groups is 1. The van der Waals surface area contributed by atoms with E-state index in [0.717, 1.165) is 16.9 Å². The normalized spacial score (nSPS) is 11.6. The van der Waals surface area contributed by atoms with E-state index in [9.17, 15) is 4.79 Å². The molecule has 4 aromatic rings. The molecule has 0 atom stereocenters. The number of nitrogens with zero attached hydrogens (tertiary/aromatic N) is 3. The van der Waals surface area contributed by atoms with E-state index < -0.39 is 0 Å². The highest BCUT2D eigenvalue weighted by molar-refractivity contribution is 5.93. The molecular formula is C25H26N4O. The molecule has 1 amide bonds. The minimum Gasteiger partial charge on any atom is -0.345 e. The van der Waals surface area contributed by atoms with Crippen molar-refractivity contribution in [3.8, 4) is 0 Å². The van der Waals surface area contributed by atoms with Gasteiger partial charge in [0.15, 0.2) is 0 Å². The average molecular weight is 399 g/mol. The average Bonchev–Trinajstić information content (AvgIpc) is 3.10. The summed E-state index contributed by atoms with van der Waals surface area (Å²) in [5, 5.41) is 2.97. The number of amides is 1. The first kappa shape index (κ1) is 19.8. The third-order valence-electron chi connectivity index (χ3n) is 5.23. The van der Waals surface area contributed by atoms with E-state index in [2.05, 4.69) is 66.0 Å². The van der Waals surface area contributed by atoms with Gasteiger partial charge in [-0.3, -0.25) is 9.78 Å². The number of imidazole rings is 1. The van der Waals surface area contributed by atoms with Crippen molar-refractivity contribution in [3.05, 3.63) is 95.6 Å². The predicted molar refractivity (Wildman–Crippen MR) is 119 cm³/mol. The van der Waals surface area contributed by atoms with Crippen LogP contribution in [0.4, 0.5) is 0 Å². The number of hydrogen-bond acceptors (Lipinski definition) is 3. The molecule has 0 bridgehead atoms. The second kappa shape index (κ2) is 8.11. The summed E-state index contributed by atoms with van der Waals surface area (Å²) >= 11 is 0.